The minimum absolute atomic E-state index is 0.144. The number of halogens is 2. The first kappa shape index (κ1) is 15.8. The van der Waals surface area contributed by atoms with Crippen LogP contribution in [-0.4, -0.2) is 25.5 Å². The summed E-state index contributed by atoms with van der Waals surface area (Å²) in [4.78, 5) is 22.5. The first-order chi connectivity index (χ1) is 9.02. The molecule has 0 aromatic heterocycles. The van der Waals surface area contributed by atoms with Crippen LogP contribution in [0.1, 0.15) is 18.4 Å². The summed E-state index contributed by atoms with van der Waals surface area (Å²) in [6.45, 7) is 0.430. The quantitative estimate of drug-likeness (QED) is 0.649. The number of amides is 1. The number of esters is 1. The summed E-state index contributed by atoms with van der Waals surface area (Å²) in [6.07, 6.45) is 1.03. The maximum Gasteiger partial charge on any atom is 0.305 e. The highest BCUT2D eigenvalue weighted by atomic mass is 35.5. The molecule has 0 heterocycles. The fraction of sp³-hybridized carbons (Fsp3) is 0.385. The summed E-state index contributed by atoms with van der Waals surface area (Å²) in [5.41, 5.74) is 0.719. The third-order valence-electron chi connectivity index (χ3n) is 2.47. The molecule has 6 heteroatoms. The maximum atomic E-state index is 11.6. The van der Waals surface area contributed by atoms with E-state index in [4.69, 9.17) is 23.2 Å². The Labute approximate surface area is 122 Å². The lowest BCUT2D eigenvalue weighted by Gasteiger charge is -2.06. The first-order valence-corrected chi connectivity index (χ1v) is 6.56. The van der Waals surface area contributed by atoms with E-state index >= 15 is 0 Å². The molecule has 0 unspecified atom stereocenters. The summed E-state index contributed by atoms with van der Waals surface area (Å²) >= 11 is 11.7. The van der Waals surface area contributed by atoms with Crippen LogP contribution < -0.4 is 5.32 Å². The van der Waals surface area contributed by atoms with Crippen molar-refractivity contribution in [2.45, 2.75) is 19.3 Å². The Bertz CT molecular complexity index is 463. The molecule has 0 aliphatic heterocycles. The number of nitrogens with one attached hydrogen (secondary N) is 1. The number of benzene rings is 1. The molecule has 1 rings (SSSR count). The summed E-state index contributed by atoms with van der Waals surface area (Å²) in [7, 11) is 1.34. The number of ether oxygens (including phenoxy) is 1. The monoisotopic (exact) mass is 303 g/mol. The van der Waals surface area contributed by atoms with Gasteiger partial charge in [-0.3, -0.25) is 9.59 Å². The average molecular weight is 304 g/mol. The number of carbonyl (C=O) groups excluding carboxylic acids is 2. The van der Waals surface area contributed by atoms with Crippen molar-refractivity contribution >= 4 is 35.1 Å². The Morgan fingerprint density at radius 1 is 1.32 bits per heavy atom. The van der Waals surface area contributed by atoms with Crippen molar-refractivity contribution in [3.8, 4) is 0 Å². The zero-order chi connectivity index (χ0) is 14.3. The summed E-state index contributed by atoms with van der Waals surface area (Å²) in [6, 6.07) is 5.01. The minimum atomic E-state index is -0.282. The Morgan fingerprint density at radius 3 is 2.68 bits per heavy atom. The zero-order valence-electron chi connectivity index (χ0n) is 10.5. The zero-order valence-corrected chi connectivity index (χ0v) is 12.1. The van der Waals surface area contributed by atoms with Gasteiger partial charge in [-0.2, -0.15) is 0 Å². The van der Waals surface area contributed by atoms with Gasteiger partial charge < -0.3 is 10.1 Å². The fourth-order valence-corrected chi connectivity index (χ4v) is 1.94. The SMILES string of the molecule is COC(=O)CCCNC(=O)Cc1ccc(Cl)cc1Cl. The normalized spacial score (nSPS) is 10.1. The van der Waals surface area contributed by atoms with Crippen LogP contribution in [0.3, 0.4) is 0 Å². The number of carbonyl (C=O) groups is 2. The van der Waals surface area contributed by atoms with Gasteiger partial charge in [0.2, 0.25) is 5.91 Å². The second kappa shape index (κ2) is 8.02. The Balaban J connectivity index is 2.33. The Morgan fingerprint density at radius 2 is 2.05 bits per heavy atom. The minimum Gasteiger partial charge on any atom is -0.469 e. The van der Waals surface area contributed by atoms with E-state index in [9.17, 15) is 9.59 Å². The van der Waals surface area contributed by atoms with Gasteiger partial charge in [0.15, 0.2) is 0 Å². The predicted octanol–water partition coefficient (Wildman–Crippen LogP) is 2.61. The van der Waals surface area contributed by atoms with Gasteiger partial charge in [-0.25, -0.2) is 0 Å². The molecule has 4 nitrogen and oxygen atoms in total. The van der Waals surface area contributed by atoms with Gasteiger partial charge in [0.05, 0.1) is 13.5 Å². The van der Waals surface area contributed by atoms with Crippen molar-refractivity contribution in [2.75, 3.05) is 13.7 Å². The van der Waals surface area contributed by atoms with Gasteiger partial charge in [0.1, 0.15) is 0 Å². The van der Waals surface area contributed by atoms with Crippen molar-refractivity contribution in [2.24, 2.45) is 0 Å². The van der Waals surface area contributed by atoms with E-state index < -0.39 is 0 Å². The van der Waals surface area contributed by atoms with Crippen molar-refractivity contribution in [1.82, 2.24) is 5.32 Å². The van der Waals surface area contributed by atoms with Crippen molar-refractivity contribution in [1.29, 1.82) is 0 Å². The number of hydrogen-bond donors (Lipinski definition) is 1. The summed E-state index contributed by atoms with van der Waals surface area (Å²) < 4.78 is 4.50. The molecule has 0 aliphatic carbocycles. The Kier molecular flexibility index (Phi) is 6.67. The maximum absolute atomic E-state index is 11.6. The van der Waals surface area contributed by atoms with Crippen LogP contribution in [0, 0.1) is 0 Å². The van der Waals surface area contributed by atoms with Crippen molar-refractivity contribution in [3.05, 3.63) is 33.8 Å². The topological polar surface area (TPSA) is 55.4 Å². The van der Waals surface area contributed by atoms with E-state index in [-0.39, 0.29) is 18.3 Å². The molecule has 0 bridgehead atoms. The van der Waals surface area contributed by atoms with Crippen LogP contribution in [-0.2, 0) is 20.7 Å². The highest BCUT2D eigenvalue weighted by molar-refractivity contribution is 6.35. The molecule has 1 N–H and O–H groups in total. The van der Waals surface area contributed by atoms with E-state index in [0.717, 1.165) is 5.56 Å². The molecule has 0 atom stereocenters. The van der Waals surface area contributed by atoms with E-state index in [0.29, 0.717) is 29.4 Å². The number of hydrogen-bond acceptors (Lipinski definition) is 3. The van der Waals surface area contributed by atoms with E-state index in [1.165, 1.54) is 7.11 Å². The molecule has 104 valence electrons. The molecule has 0 saturated heterocycles. The average Bonchev–Trinajstić information content (AvgIpc) is 2.37. The third-order valence-corrected chi connectivity index (χ3v) is 3.06. The van der Waals surface area contributed by atoms with E-state index in [1.807, 2.05) is 0 Å². The number of rotatable bonds is 6. The first-order valence-electron chi connectivity index (χ1n) is 5.80. The lowest BCUT2D eigenvalue weighted by Crippen LogP contribution is -2.26. The molecule has 0 radical (unpaired) electrons. The summed E-state index contributed by atoms with van der Waals surface area (Å²) in [5, 5.41) is 3.72. The van der Waals surface area contributed by atoms with Gasteiger partial charge in [0.25, 0.3) is 0 Å². The van der Waals surface area contributed by atoms with Gasteiger partial charge in [0, 0.05) is 23.0 Å². The molecule has 0 saturated carbocycles. The molecule has 0 fully saturated rings. The molecule has 1 aromatic carbocycles. The lowest BCUT2D eigenvalue weighted by atomic mass is 10.1. The van der Waals surface area contributed by atoms with Crippen LogP contribution in [0.25, 0.3) is 0 Å². The van der Waals surface area contributed by atoms with Gasteiger partial charge in [-0.15, -0.1) is 0 Å². The second-order valence-electron chi connectivity index (χ2n) is 3.94. The van der Waals surface area contributed by atoms with Gasteiger partial charge >= 0.3 is 5.97 Å². The molecule has 0 aliphatic rings. The smallest absolute Gasteiger partial charge is 0.305 e. The molecule has 0 spiro atoms. The Hall–Kier alpha value is -1.26. The molecule has 19 heavy (non-hydrogen) atoms. The van der Waals surface area contributed by atoms with Crippen LogP contribution in [0.5, 0.6) is 0 Å². The predicted molar refractivity (Wildman–Crippen MR) is 74.4 cm³/mol. The van der Waals surface area contributed by atoms with Crippen molar-refractivity contribution < 1.29 is 14.3 Å². The molecular formula is C13H15Cl2NO3. The lowest BCUT2D eigenvalue weighted by molar-refractivity contribution is -0.140. The largest absolute Gasteiger partial charge is 0.469 e. The summed E-state index contributed by atoms with van der Waals surface area (Å²) in [5.74, 6) is -0.427. The number of methoxy groups -OCH3 is 1. The van der Waals surface area contributed by atoms with Crippen LogP contribution >= 0.6 is 23.2 Å². The van der Waals surface area contributed by atoms with E-state index in [1.54, 1.807) is 18.2 Å². The van der Waals surface area contributed by atoms with Crippen LogP contribution in [0.2, 0.25) is 10.0 Å². The molecule has 1 amide bonds. The van der Waals surface area contributed by atoms with Crippen LogP contribution in [0.4, 0.5) is 0 Å². The third kappa shape index (κ3) is 5.94. The fourth-order valence-electron chi connectivity index (χ4n) is 1.46. The second-order valence-corrected chi connectivity index (χ2v) is 4.79. The van der Waals surface area contributed by atoms with Crippen molar-refractivity contribution in [3.63, 3.8) is 0 Å². The van der Waals surface area contributed by atoms with Crippen LogP contribution in [0.15, 0.2) is 18.2 Å². The van der Waals surface area contributed by atoms with Gasteiger partial charge in [-0.05, 0) is 24.1 Å². The molecular weight excluding hydrogens is 289 g/mol. The van der Waals surface area contributed by atoms with Gasteiger partial charge in [-0.1, -0.05) is 29.3 Å². The standard InChI is InChI=1S/C13H15Cl2NO3/c1-19-13(18)3-2-6-16-12(17)7-9-4-5-10(14)8-11(9)15/h4-5,8H,2-3,6-7H2,1H3,(H,16,17). The highest BCUT2D eigenvalue weighted by Crippen LogP contribution is 2.21. The molecule has 1 aromatic rings. The van der Waals surface area contributed by atoms with E-state index in [2.05, 4.69) is 10.1 Å². The highest BCUT2D eigenvalue weighted by Gasteiger charge is 2.07.